The molecule has 0 aliphatic rings. The predicted molar refractivity (Wildman–Crippen MR) is 71.9 cm³/mol. The van der Waals surface area contributed by atoms with Gasteiger partial charge in [0.2, 0.25) is 0 Å². The van der Waals surface area contributed by atoms with Crippen LogP contribution in [-0.2, 0) is 9.53 Å². The standard InChI is InChI=1S/C13H12ClN3O2/c1-19-12(9-5-3-2-4-6-9)13(18)17-11-8-15-7-10(14)16-11/h2-8,12H,1H3,(H,16,17,18). The van der Waals surface area contributed by atoms with E-state index in [1.807, 2.05) is 30.3 Å². The van der Waals surface area contributed by atoms with Crippen LogP contribution in [0.1, 0.15) is 11.7 Å². The lowest BCUT2D eigenvalue weighted by Gasteiger charge is -2.15. The number of ether oxygens (including phenoxy) is 1. The summed E-state index contributed by atoms with van der Waals surface area (Å²) in [4.78, 5) is 19.9. The van der Waals surface area contributed by atoms with Crippen LogP contribution in [0.2, 0.25) is 5.15 Å². The third-order valence-corrected chi connectivity index (χ3v) is 2.61. The summed E-state index contributed by atoms with van der Waals surface area (Å²) in [6.45, 7) is 0. The molecular formula is C13H12ClN3O2. The van der Waals surface area contributed by atoms with E-state index in [1.165, 1.54) is 19.5 Å². The van der Waals surface area contributed by atoms with Crippen LogP contribution in [0.25, 0.3) is 0 Å². The summed E-state index contributed by atoms with van der Waals surface area (Å²) < 4.78 is 5.21. The van der Waals surface area contributed by atoms with Gasteiger partial charge in [-0.2, -0.15) is 0 Å². The van der Waals surface area contributed by atoms with Crippen molar-refractivity contribution in [2.45, 2.75) is 6.10 Å². The second-order valence-corrected chi connectivity index (χ2v) is 4.13. The first-order valence-electron chi connectivity index (χ1n) is 5.57. The maximum Gasteiger partial charge on any atom is 0.259 e. The first-order valence-corrected chi connectivity index (χ1v) is 5.94. The topological polar surface area (TPSA) is 64.1 Å². The fourth-order valence-electron chi connectivity index (χ4n) is 1.62. The summed E-state index contributed by atoms with van der Waals surface area (Å²) in [6, 6.07) is 9.19. The van der Waals surface area contributed by atoms with Gasteiger partial charge in [0.1, 0.15) is 5.15 Å². The van der Waals surface area contributed by atoms with Crippen molar-refractivity contribution >= 4 is 23.3 Å². The van der Waals surface area contributed by atoms with Gasteiger partial charge in [0.15, 0.2) is 11.9 Å². The molecule has 0 saturated carbocycles. The highest BCUT2D eigenvalue weighted by atomic mass is 35.5. The number of rotatable bonds is 4. The Bertz CT molecular complexity index is 563. The number of anilines is 1. The molecule has 0 bridgehead atoms. The largest absolute Gasteiger partial charge is 0.367 e. The van der Waals surface area contributed by atoms with Gasteiger partial charge in [-0.25, -0.2) is 4.98 Å². The van der Waals surface area contributed by atoms with E-state index in [1.54, 1.807) is 0 Å². The van der Waals surface area contributed by atoms with Gasteiger partial charge < -0.3 is 10.1 Å². The van der Waals surface area contributed by atoms with Crippen LogP contribution in [0.4, 0.5) is 5.82 Å². The van der Waals surface area contributed by atoms with E-state index < -0.39 is 6.10 Å². The van der Waals surface area contributed by atoms with Crippen molar-refractivity contribution < 1.29 is 9.53 Å². The maximum atomic E-state index is 12.1. The number of halogens is 1. The molecule has 0 aliphatic heterocycles. The molecule has 5 nitrogen and oxygen atoms in total. The third kappa shape index (κ3) is 3.49. The van der Waals surface area contributed by atoms with Gasteiger partial charge in [0.25, 0.3) is 5.91 Å². The summed E-state index contributed by atoms with van der Waals surface area (Å²) in [5.74, 6) is -0.0410. The van der Waals surface area contributed by atoms with Crippen molar-refractivity contribution in [3.05, 3.63) is 53.4 Å². The Morgan fingerprint density at radius 1 is 1.32 bits per heavy atom. The van der Waals surface area contributed by atoms with Crippen molar-refractivity contribution in [3.8, 4) is 0 Å². The van der Waals surface area contributed by atoms with Gasteiger partial charge >= 0.3 is 0 Å². The highest BCUT2D eigenvalue weighted by molar-refractivity contribution is 6.29. The molecule has 1 aromatic heterocycles. The first kappa shape index (κ1) is 13.5. The normalized spacial score (nSPS) is 11.9. The molecule has 2 rings (SSSR count). The summed E-state index contributed by atoms with van der Waals surface area (Å²) >= 11 is 5.70. The Labute approximate surface area is 115 Å². The highest BCUT2D eigenvalue weighted by Crippen LogP contribution is 2.18. The van der Waals surface area contributed by atoms with Crippen LogP contribution in [0.3, 0.4) is 0 Å². The number of methoxy groups -OCH3 is 1. The molecule has 0 aliphatic carbocycles. The molecule has 1 unspecified atom stereocenters. The van der Waals surface area contributed by atoms with Crippen molar-refractivity contribution in [1.82, 2.24) is 9.97 Å². The molecule has 98 valence electrons. The van der Waals surface area contributed by atoms with E-state index in [4.69, 9.17) is 16.3 Å². The molecule has 0 fully saturated rings. The SMILES string of the molecule is COC(C(=O)Nc1cncc(Cl)n1)c1ccccc1. The van der Waals surface area contributed by atoms with Crippen LogP contribution in [-0.4, -0.2) is 23.0 Å². The van der Waals surface area contributed by atoms with Crippen molar-refractivity contribution in [2.75, 3.05) is 12.4 Å². The Morgan fingerprint density at radius 3 is 2.68 bits per heavy atom. The number of benzene rings is 1. The molecular weight excluding hydrogens is 266 g/mol. The number of nitrogens with zero attached hydrogens (tertiary/aromatic N) is 2. The second kappa shape index (κ2) is 6.26. The lowest BCUT2D eigenvalue weighted by Crippen LogP contribution is -2.23. The zero-order valence-corrected chi connectivity index (χ0v) is 11.0. The van der Waals surface area contributed by atoms with Gasteiger partial charge in [-0.05, 0) is 5.56 Å². The molecule has 6 heteroatoms. The number of aromatic nitrogens is 2. The Hall–Kier alpha value is -1.98. The summed E-state index contributed by atoms with van der Waals surface area (Å²) in [5.41, 5.74) is 0.762. The van der Waals surface area contributed by atoms with E-state index >= 15 is 0 Å². The monoisotopic (exact) mass is 277 g/mol. The van der Waals surface area contributed by atoms with Crippen LogP contribution in [0, 0.1) is 0 Å². The number of nitrogens with one attached hydrogen (secondary N) is 1. The average Bonchev–Trinajstić information content (AvgIpc) is 2.41. The van der Waals surface area contributed by atoms with Gasteiger partial charge in [0, 0.05) is 7.11 Å². The van der Waals surface area contributed by atoms with Gasteiger partial charge in [0.05, 0.1) is 12.4 Å². The molecule has 1 atom stereocenters. The van der Waals surface area contributed by atoms with E-state index in [0.717, 1.165) is 5.56 Å². The molecule has 1 N–H and O–H groups in total. The van der Waals surface area contributed by atoms with Crippen LogP contribution in [0.15, 0.2) is 42.7 Å². The van der Waals surface area contributed by atoms with Gasteiger partial charge in [-0.1, -0.05) is 41.9 Å². The Morgan fingerprint density at radius 2 is 2.05 bits per heavy atom. The lowest BCUT2D eigenvalue weighted by atomic mass is 10.1. The van der Waals surface area contributed by atoms with Gasteiger partial charge in [-0.3, -0.25) is 9.78 Å². The van der Waals surface area contributed by atoms with E-state index in [-0.39, 0.29) is 16.9 Å². The van der Waals surface area contributed by atoms with Crippen LogP contribution >= 0.6 is 11.6 Å². The van der Waals surface area contributed by atoms with Crippen molar-refractivity contribution in [1.29, 1.82) is 0 Å². The minimum absolute atomic E-state index is 0.214. The molecule has 0 spiro atoms. The van der Waals surface area contributed by atoms with E-state index in [0.29, 0.717) is 0 Å². The minimum atomic E-state index is -0.706. The molecule has 0 saturated heterocycles. The number of hydrogen-bond donors (Lipinski definition) is 1. The average molecular weight is 278 g/mol. The van der Waals surface area contributed by atoms with E-state index in [2.05, 4.69) is 15.3 Å². The fourth-order valence-corrected chi connectivity index (χ4v) is 1.76. The van der Waals surface area contributed by atoms with Crippen molar-refractivity contribution in [3.63, 3.8) is 0 Å². The zero-order valence-electron chi connectivity index (χ0n) is 10.2. The Balaban J connectivity index is 2.14. The smallest absolute Gasteiger partial charge is 0.259 e. The summed E-state index contributed by atoms with van der Waals surface area (Å²) in [5, 5.41) is 2.82. The Kier molecular flexibility index (Phi) is 4.43. The fraction of sp³-hybridized carbons (Fsp3) is 0.154. The zero-order chi connectivity index (χ0) is 13.7. The summed E-state index contributed by atoms with van der Waals surface area (Å²) in [7, 11) is 1.47. The van der Waals surface area contributed by atoms with Crippen molar-refractivity contribution in [2.24, 2.45) is 0 Å². The number of hydrogen-bond acceptors (Lipinski definition) is 4. The summed E-state index contributed by atoms with van der Waals surface area (Å²) in [6.07, 6.45) is 2.10. The van der Waals surface area contributed by atoms with Crippen LogP contribution in [0.5, 0.6) is 0 Å². The quantitative estimate of drug-likeness (QED) is 0.932. The third-order valence-electron chi connectivity index (χ3n) is 2.43. The second-order valence-electron chi connectivity index (χ2n) is 3.74. The molecule has 0 radical (unpaired) electrons. The lowest BCUT2D eigenvalue weighted by molar-refractivity contribution is -0.126. The van der Waals surface area contributed by atoms with E-state index in [9.17, 15) is 4.79 Å². The molecule has 2 aromatic rings. The first-order chi connectivity index (χ1) is 9.20. The highest BCUT2D eigenvalue weighted by Gasteiger charge is 2.20. The number of carbonyl (C=O) groups excluding carboxylic acids is 1. The molecule has 1 heterocycles. The molecule has 1 aromatic carbocycles. The molecule has 19 heavy (non-hydrogen) atoms. The van der Waals surface area contributed by atoms with Crippen LogP contribution < -0.4 is 5.32 Å². The number of amides is 1. The molecule has 1 amide bonds. The number of carbonyl (C=O) groups is 1. The van der Waals surface area contributed by atoms with Gasteiger partial charge in [-0.15, -0.1) is 0 Å². The maximum absolute atomic E-state index is 12.1. The minimum Gasteiger partial charge on any atom is -0.367 e. The predicted octanol–water partition coefficient (Wildman–Crippen LogP) is 2.46.